The third-order valence-electron chi connectivity index (χ3n) is 1.64. The van der Waals surface area contributed by atoms with Gasteiger partial charge in [-0.05, 0) is 6.26 Å². The molecule has 0 bridgehead atoms. The summed E-state index contributed by atoms with van der Waals surface area (Å²) in [7, 11) is 0. The summed E-state index contributed by atoms with van der Waals surface area (Å²) < 4.78 is 1.87. The third-order valence-corrected chi connectivity index (χ3v) is 4.93. The lowest BCUT2D eigenvalue weighted by Crippen LogP contribution is -2.22. The highest BCUT2D eigenvalue weighted by Gasteiger charge is 2.10. The molecule has 1 aromatic heterocycles. The number of thioether (sulfide) groups is 2. The molecule has 0 radical (unpaired) electrons. The molecule has 15 heavy (non-hydrogen) atoms. The lowest BCUT2D eigenvalue weighted by Gasteiger charge is -2.06. The largest absolute Gasteiger partial charge is 0.409 e. The molecule has 1 rings (SSSR count). The van der Waals surface area contributed by atoms with Gasteiger partial charge in [0.1, 0.15) is 5.84 Å². The van der Waals surface area contributed by atoms with Crippen LogP contribution in [0, 0.1) is 5.92 Å². The van der Waals surface area contributed by atoms with Gasteiger partial charge in [-0.1, -0.05) is 46.9 Å². The fraction of sp³-hybridized carbons (Fsp3) is 0.571. The predicted molar refractivity (Wildman–Crippen MR) is 65.0 cm³/mol. The lowest BCUT2D eigenvalue weighted by molar-refractivity contribution is 0.315. The first-order chi connectivity index (χ1) is 7.17. The van der Waals surface area contributed by atoms with Gasteiger partial charge in [0.2, 0.25) is 0 Å². The summed E-state index contributed by atoms with van der Waals surface area (Å²) in [5.74, 6) is 1.01. The third kappa shape index (κ3) is 3.88. The molecule has 0 aromatic carbocycles. The highest BCUT2D eigenvalue weighted by atomic mass is 32.2. The van der Waals surface area contributed by atoms with E-state index < -0.39 is 0 Å². The highest BCUT2D eigenvalue weighted by Crippen LogP contribution is 2.28. The minimum absolute atomic E-state index is 0.0293. The van der Waals surface area contributed by atoms with Gasteiger partial charge in [-0.2, -0.15) is 0 Å². The maximum absolute atomic E-state index is 8.47. The zero-order valence-electron chi connectivity index (χ0n) is 8.38. The van der Waals surface area contributed by atoms with Crippen LogP contribution in [0.3, 0.4) is 0 Å². The van der Waals surface area contributed by atoms with Crippen LogP contribution in [0.5, 0.6) is 0 Å². The fourth-order valence-electron chi connectivity index (χ4n) is 0.718. The van der Waals surface area contributed by atoms with Gasteiger partial charge >= 0.3 is 0 Å². The summed E-state index contributed by atoms with van der Waals surface area (Å²) >= 11 is 4.70. The van der Waals surface area contributed by atoms with Crippen LogP contribution >= 0.6 is 34.9 Å². The van der Waals surface area contributed by atoms with Gasteiger partial charge < -0.3 is 10.9 Å². The normalized spacial score (nSPS) is 14.1. The van der Waals surface area contributed by atoms with Crippen LogP contribution in [-0.2, 0) is 0 Å². The number of nitrogens with zero attached hydrogens (tertiary/aromatic N) is 3. The predicted octanol–water partition coefficient (Wildman–Crippen LogP) is 1.73. The van der Waals surface area contributed by atoms with Crippen molar-refractivity contribution in [3.05, 3.63) is 0 Å². The second-order valence-corrected chi connectivity index (χ2v) is 6.07. The molecule has 0 amide bonds. The Morgan fingerprint density at radius 1 is 1.60 bits per heavy atom. The van der Waals surface area contributed by atoms with Crippen molar-refractivity contribution < 1.29 is 5.21 Å². The second-order valence-electron chi connectivity index (χ2n) is 2.77. The van der Waals surface area contributed by atoms with Gasteiger partial charge in [0.25, 0.3) is 0 Å². The van der Waals surface area contributed by atoms with Crippen LogP contribution in [0.2, 0.25) is 0 Å². The van der Waals surface area contributed by atoms with Gasteiger partial charge in [-0.25, -0.2) is 0 Å². The summed E-state index contributed by atoms with van der Waals surface area (Å²) in [5.41, 5.74) is 5.46. The van der Waals surface area contributed by atoms with Crippen molar-refractivity contribution in [3.63, 3.8) is 0 Å². The molecule has 1 aromatic rings. The summed E-state index contributed by atoms with van der Waals surface area (Å²) in [6, 6.07) is 0. The van der Waals surface area contributed by atoms with E-state index in [2.05, 4.69) is 15.4 Å². The maximum atomic E-state index is 8.47. The molecule has 0 aliphatic carbocycles. The average Bonchev–Trinajstić information content (AvgIpc) is 2.72. The zero-order chi connectivity index (χ0) is 11.3. The first-order valence-corrected chi connectivity index (χ1v) is 7.17. The first kappa shape index (κ1) is 12.6. The Hall–Kier alpha value is -0.470. The molecule has 8 heteroatoms. The number of aromatic nitrogens is 2. The van der Waals surface area contributed by atoms with Gasteiger partial charge in [-0.3, -0.25) is 0 Å². The number of hydrogen-bond acceptors (Lipinski definition) is 7. The van der Waals surface area contributed by atoms with Crippen LogP contribution < -0.4 is 5.73 Å². The van der Waals surface area contributed by atoms with E-state index in [-0.39, 0.29) is 11.8 Å². The minimum atomic E-state index is 0.0293. The first-order valence-electron chi connectivity index (χ1n) is 4.15. The van der Waals surface area contributed by atoms with Crippen LogP contribution in [0.4, 0.5) is 0 Å². The molecule has 0 aliphatic heterocycles. The smallest absolute Gasteiger partial charge is 0.175 e. The van der Waals surface area contributed by atoms with E-state index in [1.807, 2.05) is 13.2 Å². The van der Waals surface area contributed by atoms with Crippen LogP contribution in [0.15, 0.2) is 13.8 Å². The van der Waals surface area contributed by atoms with Crippen molar-refractivity contribution >= 4 is 40.7 Å². The molecule has 0 saturated carbocycles. The minimum Gasteiger partial charge on any atom is -0.409 e. The van der Waals surface area contributed by atoms with Gasteiger partial charge in [0.05, 0.1) is 0 Å². The molecule has 0 fully saturated rings. The van der Waals surface area contributed by atoms with Crippen molar-refractivity contribution in [1.82, 2.24) is 10.2 Å². The quantitative estimate of drug-likeness (QED) is 0.277. The van der Waals surface area contributed by atoms with E-state index in [0.29, 0.717) is 0 Å². The second kappa shape index (κ2) is 6.19. The van der Waals surface area contributed by atoms with Gasteiger partial charge in [0, 0.05) is 11.7 Å². The van der Waals surface area contributed by atoms with Crippen LogP contribution in [0.25, 0.3) is 0 Å². The van der Waals surface area contributed by atoms with E-state index in [9.17, 15) is 0 Å². The molecule has 3 N–H and O–H groups in total. The molecule has 1 heterocycles. The van der Waals surface area contributed by atoms with E-state index in [4.69, 9.17) is 10.9 Å². The van der Waals surface area contributed by atoms with Crippen LogP contribution in [0.1, 0.15) is 6.92 Å². The van der Waals surface area contributed by atoms with E-state index >= 15 is 0 Å². The number of oxime groups is 1. The Labute approximate surface area is 101 Å². The molecule has 84 valence electrons. The standard InChI is InChI=1S/C7H12N4OS3/c1-4(5(8)11-12)3-14-7-10-9-6(13-2)15-7/h4,12H,3H2,1-2H3,(H2,8,11). The zero-order valence-corrected chi connectivity index (χ0v) is 10.8. The highest BCUT2D eigenvalue weighted by molar-refractivity contribution is 8.02. The van der Waals surface area contributed by atoms with Gasteiger partial charge in [-0.15, -0.1) is 10.2 Å². The van der Waals surface area contributed by atoms with E-state index in [1.54, 1.807) is 34.9 Å². The molecular weight excluding hydrogens is 252 g/mol. The summed E-state index contributed by atoms with van der Waals surface area (Å²) in [4.78, 5) is 0. The lowest BCUT2D eigenvalue weighted by atomic mass is 10.2. The Kier molecular flexibility index (Phi) is 5.20. The van der Waals surface area contributed by atoms with Crippen molar-refractivity contribution in [3.8, 4) is 0 Å². The van der Waals surface area contributed by atoms with Crippen molar-refractivity contribution in [1.29, 1.82) is 0 Å². The van der Waals surface area contributed by atoms with Crippen LogP contribution in [-0.4, -0.2) is 33.2 Å². The molecule has 5 nitrogen and oxygen atoms in total. The number of rotatable bonds is 5. The monoisotopic (exact) mass is 264 g/mol. The summed E-state index contributed by atoms with van der Waals surface area (Å²) in [5, 5.41) is 19.4. The average molecular weight is 264 g/mol. The molecule has 1 atom stereocenters. The number of amidine groups is 1. The molecule has 0 spiro atoms. The molecule has 1 unspecified atom stereocenters. The molecule has 0 saturated heterocycles. The Morgan fingerprint density at radius 3 is 2.80 bits per heavy atom. The van der Waals surface area contributed by atoms with Crippen molar-refractivity contribution in [2.24, 2.45) is 16.8 Å². The molecular formula is C7H12N4OS3. The Bertz CT molecular complexity index is 341. The van der Waals surface area contributed by atoms with E-state index in [1.165, 1.54) is 0 Å². The Morgan fingerprint density at radius 2 is 2.27 bits per heavy atom. The maximum Gasteiger partial charge on any atom is 0.175 e. The van der Waals surface area contributed by atoms with Gasteiger partial charge in [0.15, 0.2) is 8.68 Å². The van der Waals surface area contributed by atoms with E-state index in [0.717, 1.165) is 14.4 Å². The molecule has 0 aliphatic rings. The summed E-state index contributed by atoms with van der Waals surface area (Å²) in [6.07, 6.45) is 1.97. The fourth-order valence-corrected chi connectivity index (χ4v) is 3.22. The summed E-state index contributed by atoms with van der Waals surface area (Å²) in [6.45, 7) is 1.90. The van der Waals surface area contributed by atoms with Crippen molar-refractivity contribution in [2.75, 3.05) is 12.0 Å². The van der Waals surface area contributed by atoms with Crippen molar-refractivity contribution in [2.45, 2.75) is 15.6 Å². The number of hydrogen-bond donors (Lipinski definition) is 2. The topological polar surface area (TPSA) is 84.4 Å². The Balaban J connectivity index is 2.43. The SMILES string of the molecule is CSc1nnc(SCC(C)C(N)=NO)s1. The number of nitrogens with two attached hydrogens (primary N) is 1.